The summed E-state index contributed by atoms with van der Waals surface area (Å²) in [6.07, 6.45) is 1.47. The molecule has 2 unspecified atom stereocenters. The maximum Gasteiger partial charge on any atom is -1.00 e. The Kier molecular flexibility index (Phi) is 9.30. The van der Waals surface area contributed by atoms with Gasteiger partial charge in [-0.1, -0.05) is 0 Å². The zero-order valence-corrected chi connectivity index (χ0v) is 15.4. The summed E-state index contributed by atoms with van der Waals surface area (Å²) in [5.74, 6) is 0. The number of benzene rings is 1. The van der Waals surface area contributed by atoms with Crippen molar-refractivity contribution in [3.05, 3.63) is 29.8 Å². The Balaban J connectivity index is 0.00000289. The fourth-order valence-electron chi connectivity index (χ4n) is 1.81. The Morgan fingerprint density at radius 2 is 1.83 bits per heavy atom. The van der Waals surface area contributed by atoms with Crippen molar-refractivity contribution in [1.29, 1.82) is 0 Å². The third kappa shape index (κ3) is 5.08. The average molecular weight is 377 g/mol. The first kappa shape index (κ1) is 18.2. The topological polar surface area (TPSA) is 35.2 Å². The zero-order chi connectivity index (χ0) is 12.8. The summed E-state index contributed by atoms with van der Waals surface area (Å²) in [7, 11) is 0. The molecule has 0 amide bonds. The van der Waals surface area contributed by atoms with Crippen molar-refractivity contribution < 1.29 is 15.5 Å². The molecule has 1 aromatic carbocycles. The first-order valence-corrected chi connectivity index (χ1v) is 11.1. The summed E-state index contributed by atoms with van der Waals surface area (Å²) >= 11 is -1.94. The van der Waals surface area contributed by atoms with E-state index in [0.717, 1.165) is 6.42 Å². The van der Waals surface area contributed by atoms with E-state index in [4.69, 9.17) is 8.81 Å². The predicted octanol–water partition coefficient (Wildman–Crippen LogP) is -0.256. The molecular formula is C14H24ClNOSn. The fraction of sp³-hybridized carbons (Fsp3) is 0.571. The normalized spacial score (nSPS) is 13.6. The maximum absolute atomic E-state index is 6.27. The summed E-state index contributed by atoms with van der Waals surface area (Å²) in [6, 6.07) is 8.66. The quantitative estimate of drug-likeness (QED) is 0.695. The summed E-state index contributed by atoms with van der Waals surface area (Å²) in [6.45, 7) is 8.65. The maximum atomic E-state index is 6.27. The van der Waals surface area contributed by atoms with Gasteiger partial charge in [-0.25, -0.2) is 0 Å². The molecule has 0 fully saturated rings. The fourth-order valence-corrected chi connectivity index (χ4v) is 8.21. The molecule has 2 nitrogen and oxygen atoms in total. The molecule has 0 heterocycles. The van der Waals surface area contributed by atoms with Crippen LogP contribution in [0.15, 0.2) is 24.3 Å². The first-order chi connectivity index (χ1) is 8.10. The van der Waals surface area contributed by atoms with E-state index in [2.05, 4.69) is 52.0 Å². The Hall–Kier alpha value is 0.229. The van der Waals surface area contributed by atoms with Gasteiger partial charge in [0.05, 0.1) is 0 Å². The number of hydrogen-bond acceptors (Lipinski definition) is 2. The van der Waals surface area contributed by atoms with Gasteiger partial charge in [0.2, 0.25) is 0 Å². The second-order valence-electron chi connectivity index (χ2n) is 4.49. The van der Waals surface area contributed by atoms with E-state index in [-0.39, 0.29) is 18.4 Å². The van der Waals surface area contributed by atoms with Crippen LogP contribution in [-0.4, -0.2) is 26.3 Å². The number of nitrogens with two attached hydrogens (primary N) is 1. The van der Waals surface area contributed by atoms with Crippen LogP contribution in [0.25, 0.3) is 0 Å². The Labute approximate surface area is 125 Å². The van der Waals surface area contributed by atoms with Crippen molar-refractivity contribution in [3.8, 4) is 0 Å². The number of halogens is 1. The van der Waals surface area contributed by atoms with Crippen LogP contribution in [0, 0.1) is 0 Å². The molecule has 1 rings (SSSR count). The molecule has 1 aromatic rings. The average Bonchev–Trinajstić information content (AvgIpc) is 2.35. The van der Waals surface area contributed by atoms with Gasteiger partial charge in [-0.2, -0.15) is 0 Å². The van der Waals surface area contributed by atoms with Crippen molar-refractivity contribution in [2.45, 2.75) is 50.7 Å². The monoisotopic (exact) mass is 377 g/mol. The summed E-state index contributed by atoms with van der Waals surface area (Å²) in [5, 5.41) is 0. The second-order valence-corrected chi connectivity index (χ2v) is 11.1. The van der Waals surface area contributed by atoms with E-state index in [0.29, 0.717) is 6.10 Å². The molecule has 0 aliphatic heterocycles. The van der Waals surface area contributed by atoms with Crippen LogP contribution >= 0.6 is 0 Å². The van der Waals surface area contributed by atoms with E-state index in [1.54, 1.807) is 0 Å². The number of rotatable bonds is 6. The molecule has 0 aliphatic carbocycles. The Morgan fingerprint density at radius 1 is 1.22 bits per heavy atom. The van der Waals surface area contributed by atoms with E-state index in [1.807, 2.05) is 0 Å². The van der Waals surface area contributed by atoms with Crippen LogP contribution < -0.4 is 21.7 Å². The van der Waals surface area contributed by atoms with Crippen LogP contribution in [0.3, 0.4) is 0 Å². The molecule has 2 N–H and O–H groups in total. The molecule has 0 bridgehead atoms. The van der Waals surface area contributed by atoms with Gasteiger partial charge in [0.25, 0.3) is 0 Å². The number of hydrogen-bond donors (Lipinski definition) is 1. The minimum absolute atomic E-state index is 0. The van der Waals surface area contributed by atoms with Crippen LogP contribution in [0.5, 0.6) is 0 Å². The van der Waals surface area contributed by atoms with Crippen molar-refractivity contribution in [1.82, 2.24) is 0 Å². The summed E-state index contributed by atoms with van der Waals surface area (Å²) in [4.78, 5) is 0. The Bertz CT molecular complexity index is 346. The predicted molar refractivity (Wildman–Crippen MR) is 75.8 cm³/mol. The molecule has 18 heavy (non-hydrogen) atoms. The van der Waals surface area contributed by atoms with Gasteiger partial charge in [-0.05, 0) is 0 Å². The molecule has 0 saturated heterocycles. The minimum atomic E-state index is -1.94. The van der Waals surface area contributed by atoms with Gasteiger partial charge in [-0.3, -0.25) is 0 Å². The van der Waals surface area contributed by atoms with Crippen LogP contribution in [0.2, 0.25) is 4.44 Å². The third-order valence-corrected chi connectivity index (χ3v) is 9.80. The van der Waals surface area contributed by atoms with Gasteiger partial charge >= 0.3 is 113 Å². The molecule has 0 spiro atoms. The molecule has 4 heteroatoms. The van der Waals surface area contributed by atoms with Gasteiger partial charge < -0.3 is 12.4 Å². The zero-order valence-electron chi connectivity index (χ0n) is 11.7. The molecule has 0 aliphatic rings. The van der Waals surface area contributed by atoms with Gasteiger partial charge in [0, 0.05) is 0 Å². The smallest absolute Gasteiger partial charge is 1.00 e. The van der Waals surface area contributed by atoms with E-state index in [9.17, 15) is 0 Å². The van der Waals surface area contributed by atoms with E-state index >= 15 is 0 Å². The van der Waals surface area contributed by atoms with Crippen LogP contribution in [0.4, 0.5) is 0 Å². The SMILES string of the molecule is CCC(C)[O][Sn+]([CH2]C)[c]1ccccc1C(C)N.[Cl-]. The molecule has 0 radical (unpaired) electrons. The van der Waals surface area contributed by atoms with Gasteiger partial charge in [-0.15, -0.1) is 0 Å². The first-order valence-electron chi connectivity index (χ1n) is 6.47. The summed E-state index contributed by atoms with van der Waals surface area (Å²) in [5.41, 5.74) is 7.33. The van der Waals surface area contributed by atoms with E-state index < -0.39 is 20.2 Å². The van der Waals surface area contributed by atoms with Crippen molar-refractivity contribution in [2.24, 2.45) is 5.73 Å². The molecular weight excluding hydrogens is 352 g/mol. The van der Waals surface area contributed by atoms with Gasteiger partial charge in [0.15, 0.2) is 0 Å². The van der Waals surface area contributed by atoms with E-state index in [1.165, 1.54) is 13.6 Å². The van der Waals surface area contributed by atoms with Crippen LogP contribution in [0.1, 0.15) is 45.7 Å². The molecule has 0 saturated carbocycles. The second kappa shape index (κ2) is 9.18. The Morgan fingerprint density at radius 3 is 2.33 bits per heavy atom. The third-order valence-electron chi connectivity index (χ3n) is 2.99. The van der Waals surface area contributed by atoms with Crippen molar-refractivity contribution in [3.63, 3.8) is 0 Å². The molecule has 2 atom stereocenters. The standard InChI is InChI=1S/C8H10N.C4H9O.C2H5.ClH.Sn/c1-7(9)8-5-3-2-4-6-8;1-3-4(2)5;1-2;;/h2-5,7H,9H2,1H3;4H,3H2,1-2H3;1H2,2H3;1H;/q;-1;;;+2/p-1. The summed E-state index contributed by atoms with van der Waals surface area (Å²) < 4.78 is 8.88. The van der Waals surface area contributed by atoms with Gasteiger partial charge in [0.1, 0.15) is 0 Å². The molecule has 0 aromatic heterocycles. The minimum Gasteiger partial charge on any atom is -1.00 e. The largest absolute Gasteiger partial charge is 1.00 e. The van der Waals surface area contributed by atoms with Crippen LogP contribution in [-0.2, 0) is 3.07 Å². The van der Waals surface area contributed by atoms with Crippen molar-refractivity contribution >= 4 is 23.8 Å². The van der Waals surface area contributed by atoms with Crippen molar-refractivity contribution in [2.75, 3.05) is 0 Å². The molecule has 102 valence electrons.